The molecule has 4 rings (SSSR count). The Morgan fingerprint density at radius 1 is 1.13 bits per heavy atom. The molecule has 0 aliphatic rings. The van der Waals surface area contributed by atoms with Crippen molar-refractivity contribution < 1.29 is 4.39 Å². The number of hydrogen-bond acceptors (Lipinski definition) is 4. The van der Waals surface area contributed by atoms with Crippen molar-refractivity contribution in [2.75, 3.05) is 11.9 Å². The highest BCUT2D eigenvalue weighted by atomic mass is 35.5. The summed E-state index contributed by atoms with van der Waals surface area (Å²) in [4.78, 5) is 8.85. The molecule has 30 heavy (non-hydrogen) atoms. The lowest BCUT2D eigenvalue weighted by atomic mass is 10.0. The molecule has 154 valence electrons. The minimum atomic E-state index is -0.286. The van der Waals surface area contributed by atoms with Gasteiger partial charge in [-0.3, -0.25) is 0 Å². The Bertz CT molecular complexity index is 1200. The normalized spacial score (nSPS) is 11.8. The van der Waals surface area contributed by atoms with Crippen LogP contribution in [0, 0.1) is 5.82 Å². The van der Waals surface area contributed by atoms with Gasteiger partial charge in [-0.05, 0) is 55.3 Å². The number of nitrogens with zero attached hydrogens (tertiary/aromatic N) is 3. The summed E-state index contributed by atoms with van der Waals surface area (Å²) in [6, 6.07) is 14.5. The topological polar surface area (TPSA) is 68.8 Å². The molecule has 0 atom stereocenters. The number of fused-ring (bicyclic) bond motifs is 1. The monoisotopic (exact) mass is 423 g/mol. The molecule has 0 saturated heterocycles. The van der Waals surface area contributed by atoms with Crippen LogP contribution in [0.5, 0.6) is 0 Å². The summed E-state index contributed by atoms with van der Waals surface area (Å²) in [6.07, 6.45) is 3.41. The van der Waals surface area contributed by atoms with E-state index < -0.39 is 0 Å². The number of aromatic nitrogens is 3. The van der Waals surface area contributed by atoms with Crippen LogP contribution in [-0.2, 0) is 6.54 Å². The molecule has 0 aliphatic heterocycles. The van der Waals surface area contributed by atoms with Gasteiger partial charge in [0.15, 0.2) is 0 Å². The Kier molecular flexibility index (Phi) is 5.45. The molecule has 0 aliphatic carbocycles. The molecule has 3 N–H and O–H groups in total. The van der Waals surface area contributed by atoms with E-state index in [1.807, 2.05) is 48.7 Å². The zero-order valence-corrected chi connectivity index (χ0v) is 17.6. The molecule has 0 spiro atoms. The van der Waals surface area contributed by atoms with Crippen LogP contribution in [0.3, 0.4) is 0 Å². The first kappa shape index (κ1) is 20.3. The molecule has 0 saturated carbocycles. The third-order valence-corrected chi connectivity index (χ3v) is 5.31. The maximum Gasteiger partial charge on any atom is 0.127 e. The van der Waals surface area contributed by atoms with Gasteiger partial charge >= 0.3 is 0 Å². The zero-order chi connectivity index (χ0) is 21.3. The number of nitrogens with one attached hydrogen (secondary N) is 1. The van der Waals surface area contributed by atoms with E-state index in [1.54, 1.807) is 18.6 Å². The number of hydrogen-bond donors (Lipinski definition) is 2. The van der Waals surface area contributed by atoms with Gasteiger partial charge in [-0.15, -0.1) is 0 Å². The summed E-state index contributed by atoms with van der Waals surface area (Å²) < 4.78 is 15.6. The number of halogens is 2. The number of nitrogens with two attached hydrogens (primary N) is 1. The van der Waals surface area contributed by atoms with Crippen LogP contribution in [0.15, 0.2) is 61.1 Å². The third kappa shape index (κ3) is 4.30. The summed E-state index contributed by atoms with van der Waals surface area (Å²) in [5.74, 6) is 0.458. The molecule has 2 aromatic heterocycles. The lowest BCUT2D eigenvalue weighted by Gasteiger charge is -2.25. The maximum atomic E-state index is 13.6. The van der Waals surface area contributed by atoms with Crippen LogP contribution in [0.25, 0.3) is 22.2 Å². The SMILES string of the molecule is CC(C)(CN)Nc1cc(-c2ccc3ncn(Cc4cccc(F)c4)c3c2)c(Cl)cn1. The maximum absolute atomic E-state index is 13.6. The molecular weight excluding hydrogens is 401 g/mol. The van der Waals surface area contributed by atoms with Gasteiger partial charge in [0.25, 0.3) is 0 Å². The van der Waals surface area contributed by atoms with Crippen molar-refractivity contribution in [3.63, 3.8) is 0 Å². The van der Waals surface area contributed by atoms with Crippen molar-refractivity contribution in [1.82, 2.24) is 14.5 Å². The first-order chi connectivity index (χ1) is 14.3. The summed E-state index contributed by atoms with van der Waals surface area (Å²) in [5, 5.41) is 3.90. The second-order valence-corrected chi connectivity index (χ2v) is 8.38. The van der Waals surface area contributed by atoms with Crippen LogP contribution in [0.4, 0.5) is 10.2 Å². The Morgan fingerprint density at radius 2 is 1.97 bits per heavy atom. The van der Waals surface area contributed by atoms with E-state index >= 15 is 0 Å². The van der Waals surface area contributed by atoms with E-state index in [0.717, 1.165) is 27.7 Å². The van der Waals surface area contributed by atoms with Gasteiger partial charge in [0.1, 0.15) is 11.6 Å². The van der Waals surface area contributed by atoms with E-state index in [4.69, 9.17) is 17.3 Å². The third-order valence-electron chi connectivity index (χ3n) is 5.01. The highest BCUT2D eigenvalue weighted by Gasteiger charge is 2.17. The molecule has 0 fully saturated rings. The number of imidazole rings is 1. The van der Waals surface area contributed by atoms with E-state index in [2.05, 4.69) is 15.3 Å². The first-order valence-corrected chi connectivity index (χ1v) is 10.1. The number of anilines is 1. The van der Waals surface area contributed by atoms with E-state index in [9.17, 15) is 4.39 Å². The van der Waals surface area contributed by atoms with Crippen LogP contribution in [-0.4, -0.2) is 26.6 Å². The second-order valence-electron chi connectivity index (χ2n) is 7.97. The molecule has 0 unspecified atom stereocenters. The molecule has 0 amide bonds. The number of benzene rings is 2. The largest absolute Gasteiger partial charge is 0.364 e. The minimum Gasteiger partial charge on any atom is -0.364 e. The zero-order valence-electron chi connectivity index (χ0n) is 16.9. The van der Waals surface area contributed by atoms with Crippen LogP contribution in [0.2, 0.25) is 5.02 Å². The summed E-state index contributed by atoms with van der Waals surface area (Å²) in [5.41, 5.74) is 10.0. The Labute approximate surface area is 179 Å². The van der Waals surface area contributed by atoms with Crippen molar-refractivity contribution in [2.45, 2.75) is 25.9 Å². The molecular formula is C23H23ClFN5. The standard InChI is InChI=1S/C23H23ClFN5/c1-23(2,13-26)29-22-10-18(19(24)11-27-22)16-6-7-20-21(9-16)30(14-28-20)12-15-4-3-5-17(25)8-15/h3-11,14H,12-13,26H2,1-2H3,(H,27,29). The smallest absolute Gasteiger partial charge is 0.127 e. The van der Waals surface area contributed by atoms with Crippen molar-refractivity contribution in [2.24, 2.45) is 5.73 Å². The highest BCUT2D eigenvalue weighted by molar-refractivity contribution is 6.33. The highest BCUT2D eigenvalue weighted by Crippen LogP contribution is 2.32. The van der Waals surface area contributed by atoms with E-state index in [0.29, 0.717) is 23.9 Å². The fourth-order valence-corrected chi connectivity index (χ4v) is 3.52. The Balaban J connectivity index is 1.71. The summed E-state index contributed by atoms with van der Waals surface area (Å²) in [6.45, 7) is 5.02. The van der Waals surface area contributed by atoms with Gasteiger partial charge in [-0.2, -0.15) is 0 Å². The fourth-order valence-electron chi connectivity index (χ4n) is 3.31. The van der Waals surface area contributed by atoms with Gasteiger partial charge in [0.2, 0.25) is 0 Å². The average Bonchev–Trinajstić information content (AvgIpc) is 3.11. The molecule has 0 radical (unpaired) electrons. The van der Waals surface area contributed by atoms with E-state index in [-0.39, 0.29) is 11.4 Å². The first-order valence-electron chi connectivity index (χ1n) is 9.68. The van der Waals surface area contributed by atoms with Gasteiger partial charge in [-0.1, -0.05) is 29.8 Å². The van der Waals surface area contributed by atoms with Gasteiger partial charge in [0, 0.05) is 30.4 Å². The molecule has 2 aromatic carbocycles. The van der Waals surface area contributed by atoms with Crippen molar-refractivity contribution >= 4 is 28.5 Å². The van der Waals surface area contributed by atoms with Crippen LogP contribution >= 0.6 is 11.6 Å². The molecule has 0 bridgehead atoms. The number of rotatable bonds is 6. The molecule has 4 aromatic rings. The lowest BCUT2D eigenvalue weighted by molar-refractivity contribution is 0.577. The summed E-state index contributed by atoms with van der Waals surface area (Å²) in [7, 11) is 0. The van der Waals surface area contributed by atoms with Gasteiger partial charge < -0.3 is 15.6 Å². The van der Waals surface area contributed by atoms with Crippen LogP contribution in [0.1, 0.15) is 19.4 Å². The van der Waals surface area contributed by atoms with Crippen LogP contribution < -0.4 is 11.1 Å². The van der Waals surface area contributed by atoms with E-state index in [1.165, 1.54) is 12.1 Å². The molecule has 7 heteroatoms. The molecule has 5 nitrogen and oxygen atoms in total. The quantitative estimate of drug-likeness (QED) is 0.453. The molecule has 2 heterocycles. The second kappa shape index (κ2) is 8.05. The predicted octanol–water partition coefficient (Wildman–Crippen LogP) is 5.09. The predicted molar refractivity (Wildman–Crippen MR) is 120 cm³/mol. The van der Waals surface area contributed by atoms with Gasteiger partial charge in [-0.25, -0.2) is 14.4 Å². The van der Waals surface area contributed by atoms with Crippen molar-refractivity contribution in [3.05, 3.63) is 77.5 Å². The van der Waals surface area contributed by atoms with Gasteiger partial charge in [0.05, 0.1) is 22.4 Å². The van der Waals surface area contributed by atoms with Crippen molar-refractivity contribution in [1.29, 1.82) is 0 Å². The Hall–Kier alpha value is -2.96. The minimum absolute atomic E-state index is 0.249. The van der Waals surface area contributed by atoms with Crippen molar-refractivity contribution in [3.8, 4) is 11.1 Å². The lowest BCUT2D eigenvalue weighted by Crippen LogP contribution is -2.39. The Morgan fingerprint density at radius 3 is 2.73 bits per heavy atom. The fraction of sp³-hybridized carbons (Fsp3) is 0.217. The number of pyridine rings is 1. The summed E-state index contributed by atoms with van der Waals surface area (Å²) >= 11 is 6.47. The average molecular weight is 424 g/mol.